The highest BCUT2D eigenvalue weighted by molar-refractivity contribution is 7.99. The fraction of sp³-hybridized carbons (Fsp3) is 0.571. The van der Waals surface area contributed by atoms with Crippen molar-refractivity contribution in [2.45, 2.75) is 30.9 Å². The second-order valence-electron chi connectivity index (χ2n) is 4.96. The van der Waals surface area contributed by atoms with Crippen LogP contribution < -0.4 is 10.1 Å². The Kier molecular flexibility index (Phi) is 4.17. The second-order valence-corrected chi connectivity index (χ2v) is 6.13. The molecule has 2 rings (SSSR count). The first-order valence-corrected chi connectivity index (χ1v) is 7.28. The molecule has 0 saturated carbocycles. The molecule has 0 aliphatic carbocycles. The summed E-state index contributed by atoms with van der Waals surface area (Å²) in [5.74, 6) is 1.74. The van der Waals surface area contributed by atoms with Gasteiger partial charge in [0.2, 0.25) is 0 Å². The van der Waals surface area contributed by atoms with Gasteiger partial charge in [-0.15, -0.1) is 0 Å². The SMILES string of the molecule is CNC1c2cc(OC)cc(F)c2CSC1C(C)C. The Bertz CT molecular complexity index is 436. The quantitative estimate of drug-likeness (QED) is 0.909. The largest absolute Gasteiger partial charge is 0.497 e. The lowest BCUT2D eigenvalue weighted by Crippen LogP contribution is -2.34. The standard InChI is InChI=1S/C14H20FNOS/c1-8(2)14-13(16-3)10-5-9(17-4)6-12(15)11(10)7-18-14/h5-6,8,13-14,16H,7H2,1-4H3. The van der Waals surface area contributed by atoms with Gasteiger partial charge in [-0.1, -0.05) is 13.8 Å². The third kappa shape index (κ3) is 2.36. The minimum Gasteiger partial charge on any atom is -0.497 e. The van der Waals surface area contributed by atoms with Gasteiger partial charge >= 0.3 is 0 Å². The van der Waals surface area contributed by atoms with Crippen LogP contribution in [0.4, 0.5) is 4.39 Å². The molecule has 0 radical (unpaired) electrons. The van der Waals surface area contributed by atoms with Crippen LogP contribution >= 0.6 is 11.8 Å². The minimum atomic E-state index is -0.153. The Balaban J connectivity index is 2.47. The number of hydrogen-bond donors (Lipinski definition) is 1. The summed E-state index contributed by atoms with van der Waals surface area (Å²) in [7, 11) is 3.51. The Morgan fingerprint density at radius 3 is 2.72 bits per heavy atom. The molecule has 2 unspecified atom stereocenters. The first kappa shape index (κ1) is 13.7. The average molecular weight is 269 g/mol. The number of methoxy groups -OCH3 is 1. The van der Waals surface area contributed by atoms with Gasteiger partial charge in [0.05, 0.1) is 7.11 Å². The molecule has 0 spiro atoms. The zero-order chi connectivity index (χ0) is 13.3. The molecule has 1 aliphatic heterocycles. The van der Waals surface area contributed by atoms with Crippen molar-refractivity contribution in [2.24, 2.45) is 5.92 Å². The summed E-state index contributed by atoms with van der Waals surface area (Å²) in [6.07, 6.45) is 0. The molecular formula is C14H20FNOS. The van der Waals surface area contributed by atoms with Crippen molar-refractivity contribution >= 4 is 11.8 Å². The van der Waals surface area contributed by atoms with E-state index < -0.39 is 0 Å². The number of rotatable bonds is 3. The Hall–Kier alpha value is -0.740. The van der Waals surface area contributed by atoms with Gasteiger partial charge in [0.15, 0.2) is 0 Å². The van der Waals surface area contributed by atoms with Crippen LogP contribution in [0.1, 0.15) is 31.0 Å². The Morgan fingerprint density at radius 2 is 2.17 bits per heavy atom. The number of thioether (sulfide) groups is 1. The molecule has 1 N–H and O–H groups in total. The summed E-state index contributed by atoms with van der Waals surface area (Å²) >= 11 is 1.83. The number of hydrogen-bond acceptors (Lipinski definition) is 3. The zero-order valence-corrected chi connectivity index (χ0v) is 12.1. The van der Waals surface area contributed by atoms with Crippen molar-refractivity contribution in [3.63, 3.8) is 0 Å². The molecule has 1 aromatic carbocycles. The summed E-state index contributed by atoms with van der Waals surface area (Å²) in [6.45, 7) is 4.42. The molecule has 0 fully saturated rings. The number of nitrogens with one attached hydrogen (secondary N) is 1. The summed E-state index contributed by atoms with van der Waals surface area (Å²) in [4.78, 5) is 0. The van der Waals surface area contributed by atoms with Gasteiger partial charge in [-0.3, -0.25) is 0 Å². The molecule has 0 amide bonds. The number of fused-ring (bicyclic) bond motifs is 1. The van der Waals surface area contributed by atoms with Crippen LogP contribution in [0.2, 0.25) is 0 Å². The van der Waals surface area contributed by atoms with Gasteiger partial charge in [-0.05, 0) is 24.6 Å². The van der Waals surface area contributed by atoms with E-state index in [1.165, 1.54) is 6.07 Å². The Morgan fingerprint density at radius 1 is 1.44 bits per heavy atom. The lowest BCUT2D eigenvalue weighted by molar-refractivity contribution is 0.405. The lowest BCUT2D eigenvalue weighted by Gasteiger charge is -2.35. The molecule has 2 atom stereocenters. The highest BCUT2D eigenvalue weighted by Crippen LogP contribution is 2.43. The lowest BCUT2D eigenvalue weighted by atomic mass is 9.92. The van der Waals surface area contributed by atoms with E-state index >= 15 is 0 Å². The highest BCUT2D eigenvalue weighted by Gasteiger charge is 2.33. The van der Waals surface area contributed by atoms with Gasteiger partial charge in [0.1, 0.15) is 11.6 Å². The van der Waals surface area contributed by atoms with Gasteiger partial charge < -0.3 is 10.1 Å². The topological polar surface area (TPSA) is 21.3 Å². The van der Waals surface area contributed by atoms with Crippen molar-refractivity contribution in [1.29, 1.82) is 0 Å². The van der Waals surface area contributed by atoms with E-state index in [9.17, 15) is 4.39 Å². The van der Waals surface area contributed by atoms with Crippen molar-refractivity contribution in [2.75, 3.05) is 14.2 Å². The zero-order valence-electron chi connectivity index (χ0n) is 11.3. The monoisotopic (exact) mass is 269 g/mol. The van der Waals surface area contributed by atoms with Crippen LogP contribution in [0.25, 0.3) is 0 Å². The van der Waals surface area contributed by atoms with E-state index in [4.69, 9.17) is 4.74 Å². The van der Waals surface area contributed by atoms with E-state index in [0.717, 1.165) is 16.9 Å². The van der Waals surface area contributed by atoms with Crippen molar-refractivity contribution in [3.8, 4) is 5.75 Å². The first-order valence-electron chi connectivity index (χ1n) is 6.23. The van der Waals surface area contributed by atoms with E-state index in [1.807, 2.05) is 24.9 Å². The predicted octanol–water partition coefficient (Wildman–Crippen LogP) is 3.37. The molecular weight excluding hydrogens is 249 g/mol. The Labute approximate surface area is 112 Å². The molecule has 1 heterocycles. The smallest absolute Gasteiger partial charge is 0.131 e. The summed E-state index contributed by atoms with van der Waals surface area (Å²) < 4.78 is 19.2. The number of halogens is 1. The molecule has 1 aliphatic rings. The third-order valence-corrected chi connectivity index (χ3v) is 5.15. The predicted molar refractivity (Wildman–Crippen MR) is 74.7 cm³/mol. The van der Waals surface area contributed by atoms with Crippen molar-refractivity contribution in [1.82, 2.24) is 5.32 Å². The average Bonchev–Trinajstić information content (AvgIpc) is 2.36. The van der Waals surface area contributed by atoms with E-state index in [2.05, 4.69) is 19.2 Å². The minimum absolute atomic E-state index is 0.153. The summed E-state index contributed by atoms with van der Waals surface area (Å²) in [5.41, 5.74) is 1.86. The first-order chi connectivity index (χ1) is 8.58. The van der Waals surface area contributed by atoms with Crippen LogP contribution in [0, 0.1) is 11.7 Å². The van der Waals surface area contributed by atoms with E-state index in [-0.39, 0.29) is 11.9 Å². The third-order valence-electron chi connectivity index (χ3n) is 3.49. The maximum absolute atomic E-state index is 14.0. The molecule has 0 bridgehead atoms. The van der Waals surface area contributed by atoms with Crippen molar-refractivity contribution in [3.05, 3.63) is 29.1 Å². The number of benzene rings is 1. The summed E-state index contributed by atoms with van der Waals surface area (Å²) in [6, 6.07) is 3.62. The van der Waals surface area contributed by atoms with Gasteiger partial charge in [0.25, 0.3) is 0 Å². The van der Waals surface area contributed by atoms with Crippen LogP contribution in [0.3, 0.4) is 0 Å². The fourth-order valence-electron chi connectivity index (χ4n) is 2.53. The molecule has 0 saturated heterocycles. The second kappa shape index (κ2) is 5.49. The van der Waals surface area contributed by atoms with Crippen LogP contribution in [0.15, 0.2) is 12.1 Å². The maximum Gasteiger partial charge on any atom is 0.131 e. The van der Waals surface area contributed by atoms with Gasteiger partial charge in [-0.25, -0.2) is 4.39 Å². The van der Waals surface area contributed by atoms with Crippen LogP contribution in [0.5, 0.6) is 5.75 Å². The summed E-state index contributed by atoms with van der Waals surface area (Å²) in [5, 5.41) is 3.79. The fourth-order valence-corrected chi connectivity index (χ4v) is 4.05. The van der Waals surface area contributed by atoms with Crippen LogP contribution in [-0.2, 0) is 5.75 Å². The van der Waals surface area contributed by atoms with Gasteiger partial charge in [-0.2, -0.15) is 11.8 Å². The van der Waals surface area contributed by atoms with Gasteiger partial charge in [0, 0.05) is 28.7 Å². The molecule has 100 valence electrons. The maximum atomic E-state index is 14.0. The highest BCUT2D eigenvalue weighted by atomic mass is 32.2. The molecule has 18 heavy (non-hydrogen) atoms. The van der Waals surface area contributed by atoms with Crippen LogP contribution in [-0.4, -0.2) is 19.4 Å². The van der Waals surface area contributed by atoms with Crippen molar-refractivity contribution < 1.29 is 9.13 Å². The molecule has 1 aromatic rings. The van der Waals surface area contributed by atoms with E-state index in [1.54, 1.807) is 7.11 Å². The molecule has 2 nitrogen and oxygen atoms in total. The molecule has 4 heteroatoms. The normalized spacial score (nSPS) is 23.0. The molecule has 0 aromatic heterocycles. The van der Waals surface area contributed by atoms with E-state index in [0.29, 0.717) is 16.9 Å². The number of ether oxygens (including phenoxy) is 1.